The Morgan fingerprint density at radius 3 is 2.26 bits per heavy atom. The van der Waals surface area contributed by atoms with E-state index in [1.54, 1.807) is 0 Å². The lowest BCUT2D eigenvalue weighted by Gasteiger charge is -2.19. The van der Waals surface area contributed by atoms with Gasteiger partial charge in [-0.2, -0.15) is 5.26 Å². The molecule has 38 heavy (non-hydrogen) atoms. The Morgan fingerprint density at radius 2 is 1.47 bits per heavy atom. The van der Waals surface area contributed by atoms with Crippen molar-refractivity contribution in [1.82, 2.24) is 0 Å². The Balaban J connectivity index is 1.53. The number of hydrogen-bond acceptors (Lipinski definition) is 2. The summed E-state index contributed by atoms with van der Waals surface area (Å²) < 4.78 is 8.91. The number of hydrogen-bond donors (Lipinski definition) is 0. The predicted octanol–water partition coefficient (Wildman–Crippen LogP) is 6.73. The van der Waals surface area contributed by atoms with Gasteiger partial charge in [0.25, 0.3) is 0 Å². The standard InChI is InChI=1S/C34H27N2OSi/c1-21-12-15-26-27-17-14-23(20-35)32(34(27)37-33(26)31(21)28-10-7-8-18-36(28)2)22-13-16-25-24-9-5-6-11-29(24)38(3,4)30(25)19-22/h5-19H,1-4H3/q+1. The summed E-state index contributed by atoms with van der Waals surface area (Å²) in [5, 5.41) is 15.2. The van der Waals surface area contributed by atoms with Gasteiger partial charge in [-0.25, -0.2) is 4.57 Å². The first kappa shape index (κ1) is 22.7. The SMILES string of the molecule is Cc1ccc2c(oc3c(-c4ccc5c(c4)[Si](C)(C)c4ccccc4-5)c(C#N)ccc32)c1-c1cccc[n+]1C. The molecule has 0 radical (unpaired) electrons. The molecule has 3 heterocycles. The molecule has 1 aliphatic heterocycles. The van der Waals surface area contributed by atoms with Gasteiger partial charge in [-0.3, -0.25) is 0 Å². The van der Waals surface area contributed by atoms with Crippen LogP contribution >= 0.6 is 0 Å². The van der Waals surface area contributed by atoms with E-state index in [-0.39, 0.29) is 0 Å². The van der Waals surface area contributed by atoms with Crippen molar-refractivity contribution in [2.24, 2.45) is 7.05 Å². The molecule has 4 heteroatoms. The van der Waals surface area contributed by atoms with E-state index in [1.165, 1.54) is 21.5 Å². The lowest BCUT2D eigenvalue weighted by atomic mass is 9.95. The second-order valence-corrected chi connectivity index (χ2v) is 15.2. The first-order valence-electron chi connectivity index (χ1n) is 13.0. The molecule has 182 valence electrons. The molecule has 4 aromatic carbocycles. The highest BCUT2D eigenvalue weighted by molar-refractivity contribution is 7.03. The van der Waals surface area contributed by atoms with E-state index in [2.05, 4.69) is 111 Å². The molecule has 0 aliphatic carbocycles. The molecule has 0 N–H and O–H groups in total. The number of nitriles is 1. The lowest BCUT2D eigenvalue weighted by Crippen LogP contribution is -2.49. The van der Waals surface area contributed by atoms with Gasteiger partial charge in [0.2, 0.25) is 5.69 Å². The van der Waals surface area contributed by atoms with Crippen molar-refractivity contribution in [3.05, 3.63) is 102 Å². The Morgan fingerprint density at radius 1 is 0.763 bits per heavy atom. The summed E-state index contributed by atoms with van der Waals surface area (Å²) >= 11 is 0. The van der Waals surface area contributed by atoms with Gasteiger partial charge in [0, 0.05) is 28.5 Å². The molecule has 0 atom stereocenters. The summed E-state index contributed by atoms with van der Waals surface area (Å²) in [6.45, 7) is 6.97. The van der Waals surface area contributed by atoms with Gasteiger partial charge >= 0.3 is 0 Å². The highest BCUT2D eigenvalue weighted by Crippen LogP contribution is 2.42. The second-order valence-electron chi connectivity index (χ2n) is 10.8. The lowest BCUT2D eigenvalue weighted by molar-refractivity contribution is -0.660. The highest BCUT2D eigenvalue weighted by atomic mass is 28.3. The van der Waals surface area contributed by atoms with E-state index in [1.807, 2.05) is 18.2 Å². The van der Waals surface area contributed by atoms with Crippen LogP contribution in [0.5, 0.6) is 0 Å². The van der Waals surface area contributed by atoms with E-state index in [0.717, 1.165) is 49.9 Å². The van der Waals surface area contributed by atoms with Crippen molar-refractivity contribution >= 4 is 40.4 Å². The van der Waals surface area contributed by atoms with Crippen molar-refractivity contribution in [3.63, 3.8) is 0 Å². The van der Waals surface area contributed by atoms with Gasteiger partial charge in [0.1, 0.15) is 26.3 Å². The van der Waals surface area contributed by atoms with Crippen LogP contribution in [0.15, 0.2) is 95.5 Å². The molecule has 0 spiro atoms. The van der Waals surface area contributed by atoms with Crippen LogP contribution in [-0.2, 0) is 7.05 Å². The summed E-state index contributed by atoms with van der Waals surface area (Å²) in [5.74, 6) is 0. The smallest absolute Gasteiger partial charge is 0.216 e. The molecule has 0 bridgehead atoms. The summed E-state index contributed by atoms with van der Waals surface area (Å²) in [5.41, 5.74) is 10.2. The fraction of sp³-hybridized carbons (Fsp3) is 0.118. The minimum Gasteiger partial charge on any atom is -0.454 e. The number of rotatable bonds is 2. The zero-order valence-electron chi connectivity index (χ0n) is 22.0. The van der Waals surface area contributed by atoms with Crippen LogP contribution in [0.25, 0.3) is 55.4 Å². The number of fused-ring (bicyclic) bond motifs is 6. The van der Waals surface area contributed by atoms with Gasteiger partial charge in [0.05, 0.1) is 17.2 Å². The van der Waals surface area contributed by atoms with Gasteiger partial charge in [-0.15, -0.1) is 0 Å². The molecule has 0 unspecified atom stereocenters. The Bertz CT molecular complexity index is 1990. The molecule has 2 aromatic heterocycles. The number of aryl methyl sites for hydroxylation is 2. The maximum Gasteiger partial charge on any atom is 0.216 e. The fourth-order valence-electron chi connectivity index (χ4n) is 6.34. The van der Waals surface area contributed by atoms with Crippen LogP contribution in [0.3, 0.4) is 0 Å². The second kappa shape index (κ2) is 8.02. The van der Waals surface area contributed by atoms with Crippen LogP contribution in [0.1, 0.15) is 11.1 Å². The van der Waals surface area contributed by atoms with E-state index >= 15 is 0 Å². The topological polar surface area (TPSA) is 40.8 Å². The monoisotopic (exact) mass is 507 g/mol. The van der Waals surface area contributed by atoms with Crippen LogP contribution < -0.4 is 14.9 Å². The number of aromatic nitrogens is 1. The molecule has 3 nitrogen and oxygen atoms in total. The Kier molecular flexibility index (Phi) is 4.79. The average molecular weight is 508 g/mol. The van der Waals surface area contributed by atoms with E-state index in [0.29, 0.717) is 5.56 Å². The summed E-state index contributed by atoms with van der Waals surface area (Å²) in [6.07, 6.45) is 2.06. The summed E-state index contributed by atoms with van der Waals surface area (Å²) in [4.78, 5) is 0. The predicted molar refractivity (Wildman–Crippen MR) is 157 cm³/mol. The minimum atomic E-state index is -1.86. The number of furan rings is 1. The van der Waals surface area contributed by atoms with Gasteiger partial charge in [-0.1, -0.05) is 67.7 Å². The van der Waals surface area contributed by atoms with Crippen molar-refractivity contribution in [3.8, 4) is 39.6 Å². The minimum absolute atomic E-state index is 0.634. The normalized spacial score (nSPS) is 13.4. The van der Waals surface area contributed by atoms with E-state index < -0.39 is 8.07 Å². The molecular weight excluding hydrogens is 480 g/mol. The van der Waals surface area contributed by atoms with Gasteiger partial charge in [-0.05, 0) is 57.8 Å². The van der Waals surface area contributed by atoms with E-state index in [9.17, 15) is 5.26 Å². The quantitative estimate of drug-likeness (QED) is 0.193. The number of pyridine rings is 1. The van der Waals surface area contributed by atoms with Crippen molar-refractivity contribution < 1.29 is 8.98 Å². The zero-order chi connectivity index (χ0) is 26.2. The van der Waals surface area contributed by atoms with Gasteiger partial charge in [0.15, 0.2) is 6.20 Å². The van der Waals surface area contributed by atoms with Crippen molar-refractivity contribution in [2.45, 2.75) is 20.0 Å². The van der Waals surface area contributed by atoms with Crippen LogP contribution in [0, 0.1) is 18.3 Å². The molecule has 1 aliphatic rings. The molecule has 0 saturated heterocycles. The summed E-state index contributed by atoms with van der Waals surface area (Å²) in [7, 11) is 0.203. The molecule has 7 rings (SSSR count). The molecular formula is C34H27N2OSi+. The number of benzene rings is 4. The van der Waals surface area contributed by atoms with Crippen LogP contribution in [-0.4, -0.2) is 8.07 Å². The van der Waals surface area contributed by atoms with E-state index in [4.69, 9.17) is 4.42 Å². The molecule has 6 aromatic rings. The first-order chi connectivity index (χ1) is 18.4. The molecule has 0 amide bonds. The van der Waals surface area contributed by atoms with Crippen molar-refractivity contribution in [1.29, 1.82) is 5.26 Å². The third kappa shape index (κ3) is 3.03. The maximum atomic E-state index is 10.2. The first-order valence-corrected chi connectivity index (χ1v) is 16.0. The van der Waals surface area contributed by atoms with Crippen LogP contribution in [0.2, 0.25) is 13.1 Å². The summed E-state index contributed by atoms with van der Waals surface area (Å²) in [6, 6.07) is 32.5. The maximum absolute atomic E-state index is 10.2. The number of nitrogens with zero attached hydrogens (tertiary/aromatic N) is 2. The third-order valence-corrected chi connectivity index (χ3v) is 11.9. The fourth-order valence-corrected chi connectivity index (χ4v) is 9.45. The average Bonchev–Trinajstić information content (AvgIpc) is 3.41. The van der Waals surface area contributed by atoms with Crippen molar-refractivity contribution in [2.75, 3.05) is 0 Å². The Labute approximate surface area is 223 Å². The van der Waals surface area contributed by atoms with Gasteiger partial charge < -0.3 is 4.42 Å². The Hall–Kier alpha value is -4.46. The largest absolute Gasteiger partial charge is 0.454 e. The molecule has 0 saturated carbocycles. The van der Waals surface area contributed by atoms with Crippen LogP contribution in [0.4, 0.5) is 0 Å². The third-order valence-electron chi connectivity index (χ3n) is 8.32. The highest BCUT2D eigenvalue weighted by Gasteiger charge is 2.37. The zero-order valence-corrected chi connectivity index (χ0v) is 23.0. The molecule has 0 fully saturated rings.